The highest BCUT2D eigenvalue weighted by Crippen LogP contribution is 2.25. The van der Waals surface area contributed by atoms with E-state index in [0.717, 1.165) is 5.75 Å². The van der Waals surface area contributed by atoms with Crippen LogP contribution in [0.25, 0.3) is 0 Å². The Morgan fingerprint density at radius 1 is 1.31 bits per heavy atom. The topological polar surface area (TPSA) is 45.8 Å². The van der Waals surface area contributed by atoms with Gasteiger partial charge in [0.05, 0.1) is 11.1 Å². The van der Waals surface area contributed by atoms with Gasteiger partial charge < -0.3 is 0 Å². The van der Waals surface area contributed by atoms with E-state index in [2.05, 4.69) is 10.2 Å². The lowest BCUT2D eigenvalue weighted by Crippen LogP contribution is -2.08. The second kappa shape index (κ2) is 5.18. The molecule has 16 heavy (non-hydrogen) atoms. The molecule has 5 heteroatoms. The Morgan fingerprint density at radius 3 is 2.81 bits per heavy atom. The molecule has 0 aliphatic rings. The Morgan fingerprint density at radius 2 is 2.06 bits per heavy atom. The molecule has 0 saturated carbocycles. The van der Waals surface area contributed by atoms with Crippen LogP contribution in [0, 0.1) is 0 Å². The number of rotatable bonds is 3. The molecule has 82 valence electrons. The predicted octanol–water partition coefficient (Wildman–Crippen LogP) is 2.72. The van der Waals surface area contributed by atoms with Crippen molar-refractivity contribution in [1.82, 2.24) is 10.2 Å². The molecule has 0 radical (unpaired) electrons. The van der Waals surface area contributed by atoms with Crippen LogP contribution in [-0.2, 0) is 5.75 Å². The van der Waals surface area contributed by atoms with E-state index in [9.17, 15) is 4.79 Å². The molecular formula is C11H9ClN2OS. The van der Waals surface area contributed by atoms with E-state index in [-0.39, 0.29) is 10.6 Å². The van der Waals surface area contributed by atoms with E-state index >= 15 is 0 Å². The van der Waals surface area contributed by atoms with E-state index in [4.69, 9.17) is 11.6 Å². The standard InChI is InChI=1S/C11H9ClN2OS/c12-10-9(6-13-14-11(10)15)16-7-8-4-2-1-3-5-8/h1-6H,7H2,(H,14,15). The quantitative estimate of drug-likeness (QED) is 0.855. The summed E-state index contributed by atoms with van der Waals surface area (Å²) in [4.78, 5) is 11.9. The monoisotopic (exact) mass is 252 g/mol. The van der Waals surface area contributed by atoms with Crippen molar-refractivity contribution < 1.29 is 0 Å². The third-order valence-corrected chi connectivity index (χ3v) is 3.59. The summed E-state index contributed by atoms with van der Waals surface area (Å²) in [5.74, 6) is 0.770. The summed E-state index contributed by atoms with van der Waals surface area (Å²) in [5.41, 5.74) is 0.837. The number of benzene rings is 1. The molecule has 3 nitrogen and oxygen atoms in total. The van der Waals surface area contributed by atoms with Crippen LogP contribution in [0.5, 0.6) is 0 Å². The van der Waals surface area contributed by atoms with Crippen molar-refractivity contribution in [2.24, 2.45) is 0 Å². The molecule has 1 aromatic heterocycles. The first-order valence-electron chi connectivity index (χ1n) is 4.67. The minimum atomic E-state index is -0.347. The Balaban J connectivity index is 2.11. The lowest BCUT2D eigenvalue weighted by Gasteiger charge is -2.02. The number of thioether (sulfide) groups is 1. The number of aromatic amines is 1. The number of hydrogen-bond acceptors (Lipinski definition) is 3. The normalized spacial score (nSPS) is 10.3. The first-order chi connectivity index (χ1) is 7.77. The fraction of sp³-hybridized carbons (Fsp3) is 0.0909. The van der Waals surface area contributed by atoms with Gasteiger partial charge >= 0.3 is 0 Å². The van der Waals surface area contributed by atoms with Gasteiger partial charge in [-0.2, -0.15) is 5.10 Å². The molecule has 0 amide bonds. The summed E-state index contributed by atoms with van der Waals surface area (Å²) in [5, 5.41) is 6.21. The van der Waals surface area contributed by atoms with Crippen LogP contribution in [-0.4, -0.2) is 10.2 Å². The van der Waals surface area contributed by atoms with Crippen molar-refractivity contribution in [3.63, 3.8) is 0 Å². The van der Waals surface area contributed by atoms with E-state index in [1.54, 1.807) is 6.20 Å². The van der Waals surface area contributed by atoms with Gasteiger partial charge in [0.15, 0.2) is 0 Å². The molecule has 0 aliphatic carbocycles. The van der Waals surface area contributed by atoms with Crippen LogP contribution in [0.15, 0.2) is 46.2 Å². The van der Waals surface area contributed by atoms with Crippen molar-refractivity contribution in [2.75, 3.05) is 0 Å². The summed E-state index contributed by atoms with van der Waals surface area (Å²) in [6.07, 6.45) is 1.57. The largest absolute Gasteiger partial charge is 0.284 e. The first-order valence-corrected chi connectivity index (χ1v) is 6.03. The van der Waals surface area contributed by atoms with Gasteiger partial charge in [-0.3, -0.25) is 4.79 Å². The Kier molecular flexibility index (Phi) is 3.64. The minimum absolute atomic E-state index is 0.205. The summed E-state index contributed by atoms with van der Waals surface area (Å²) < 4.78 is 0. The van der Waals surface area contributed by atoms with Gasteiger partial charge in [0.25, 0.3) is 5.56 Å². The van der Waals surface area contributed by atoms with Crippen LogP contribution in [0.1, 0.15) is 5.56 Å². The third kappa shape index (κ3) is 2.65. The minimum Gasteiger partial charge on any atom is -0.266 e. The zero-order valence-corrected chi connectivity index (χ0v) is 9.89. The average molecular weight is 253 g/mol. The molecule has 0 saturated heterocycles. The van der Waals surface area contributed by atoms with Gasteiger partial charge in [-0.15, -0.1) is 11.8 Å². The van der Waals surface area contributed by atoms with Crippen LogP contribution >= 0.6 is 23.4 Å². The fourth-order valence-corrected chi connectivity index (χ4v) is 2.32. The SMILES string of the molecule is O=c1[nH]ncc(SCc2ccccc2)c1Cl. The maximum atomic E-state index is 11.2. The molecule has 2 aromatic rings. The van der Waals surface area contributed by atoms with Gasteiger partial charge in [0.1, 0.15) is 5.02 Å². The highest BCUT2D eigenvalue weighted by atomic mass is 35.5. The molecule has 1 heterocycles. The van der Waals surface area contributed by atoms with Crippen LogP contribution in [0.2, 0.25) is 5.02 Å². The molecular weight excluding hydrogens is 244 g/mol. The Hall–Kier alpha value is -1.26. The number of aromatic nitrogens is 2. The number of hydrogen-bond donors (Lipinski definition) is 1. The van der Waals surface area contributed by atoms with Crippen molar-refractivity contribution in [3.8, 4) is 0 Å². The molecule has 2 rings (SSSR count). The van der Waals surface area contributed by atoms with E-state index in [1.165, 1.54) is 17.3 Å². The highest BCUT2D eigenvalue weighted by Gasteiger charge is 2.05. The lowest BCUT2D eigenvalue weighted by molar-refractivity contribution is 0.956. The highest BCUT2D eigenvalue weighted by molar-refractivity contribution is 7.98. The Labute approximate surface area is 102 Å². The summed E-state index contributed by atoms with van der Waals surface area (Å²) in [6, 6.07) is 9.99. The first kappa shape index (κ1) is 11.2. The molecule has 0 aliphatic heterocycles. The summed E-state index contributed by atoms with van der Waals surface area (Å²) in [7, 11) is 0. The number of nitrogens with zero attached hydrogens (tertiary/aromatic N) is 1. The fourth-order valence-electron chi connectivity index (χ4n) is 1.20. The zero-order valence-electron chi connectivity index (χ0n) is 8.31. The third-order valence-electron chi connectivity index (χ3n) is 2.00. The second-order valence-electron chi connectivity index (χ2n) is 3.15. The molecule has 0 unspecified atom stereocenters. The molecule has 0 bridgehead atoms. The summed E-state index contributed by atoms with van der Waals surface area (Å²) in [6.45, 7) is 0. The van der Waals surface area contributed by atoms with Gasteiger partial charge in [-0.05, 0) is 5.56 Å². The van der Waals surface area contributed by atoms with Crippen LogP contribution in [0.3, 0.4) is 0 Å². The number of H-pyrrole nitrogens is 1. The van der Waals surface area contributed by atoms with Gasteiger partial charge in [0.2, 0.25) is 0 Å². The zero-order chi connectivity index (χ0) is 11.4. The van der Waals surface area contributed by atoms with E-state index in [0.29, 0.717) is 4.90 Å². The van der Waals surface area contributed by atoms with Crippen molar-refractivity contribution in [1.29, 1.82) is 0 Å². The summed E-state index contributed by atoms with van der Waals surface area (Å²) >= 11 is 7.35. The van der Waals surface area contributed by atoms with Gasteiger partial charge in [-0.25, -0.2) is 5.10 Å². The van der Waals surface area contributed by atoms with E-state index < -0.39 is 0 Å². The van der Waals surface area contributed by atoms with Crippen LogP contribution < -0.4 is 5.56 Å². The maximum Gasteiger partial charge on any atom is 0.284 e. The molecule has 0 spiro atoms. The Bertz CT molecular complexity index is 527. The second-order valence-corrected chi connectivity index (χ2v) is 4.55. The maximum absolute atomic E-state index is 11.2. The molecule has 0 atom stereocenters. The van der Waals surface area contributed by atoms with Gasteiger partial charge in [-0.1, -0.05) is 41.9 Å². The number of nitrogens with one attached hydrogen (secondary N) is 1. The average Bonchev–Trinajstić information content (AvgIpc) is 2.32. The van der Waals surface area contributed by atoms with Gasteiger partial charge in [0, 0.05) is 5.75 Å². The molecule has 0 fully saturated rings. The molecule has 1 aromatic carbocycles. The lowest BCUT2D eigenvalue weighted by atomic mass is 10.2. The number of halogens is 1. The van der Waals surface area contributed by atoms with E-state index in [1.807, 2.05) is 30.3 Å². The van der Waals surface area contributed by atoms with Crippen molar-refractivity contribution >= 4 is 23.4 Å². The predicted molar refractivity (Wildman–Crippen MR) is 65.9 cm³/mol. The van der Waals surface area contributed by atoms with Crippen LogP contribution in [0.4, 0.5) is 0 Å². The molecule has 1 N–H and O–H groups in total. The van der Waals surface area contributed by atoms with Crippen molar-refractivity contribution in [2.45, 2.75) is 10.6 Å². The van der Waals surface area contributed by atoms with Crippen molar-refractivity contribution in [3.05, 3.63) is 57.5 Å². The smallest absolute Gasteiger partial charge is 0.266 e.